The van der Waals surface area contributed by atoms with Crippen LogP contribution in [0.25, 0.3) is 0 Å². The number of amides is 1. The van der Waals surface area contributed by atoms with Crippen molar-refractivity contribution in [3.63, 3.8) is 0 Å². The Labute approximate surface area is 136 Å². The molecule has 0 bridgehead atoms. The van der Waals surface area contributed by atoms with Gasteiger partial charge < -0.3 is 10.1 Å². The van der Waals surface area contributed by atoms with Gasteiger partial charge in [-0.3, -0.25) is 4.79 Å². The lowest BCUT2D eigenvalue weighted by Gasteiger charge is -2.09. The number of halogens is 3. The van der Waals surface area contributed by atoms with Crippen molar-refractivity contribution in [2.24, 2.45) is 0 Å². The van der Waals surface area contributed by atoms with E-state index in [0.717, 1.165) is 18.7 Å². The Morgan fingerprint density at radius 3 is 2.33 bits per heavy atom. The summed E-state index contributed by atoms with van der Waals surface area (Å²) in [6.07, 6.45) is 0.328. The van der Waals surface area contributed by atoms with Gasteiger partial charge in [0.1, 0.15) is 17.5 Å². The van der Waals surface area contributed by atoms with Gasteiger partial charge in [0.15, 0.2) is 0 Å². The number of carbonyl (C=O) groups excluding carboxylic acids is 2. The van der Waals surface area contributed by atoms with Crippen molar-refractivity contribution < 1.29 is 27.5 Å². The average molecular weight is 337 g/mol. The fourth-order valence-electron chi connectivity index (χ4n) is 2.03. The highest BCUT2D eigenvalue weighted by Crippen LogP contribution is 2.20. The van der Waals surface area contributed by atoms with Gasteiger partial charge in [0.05, 0.1) is 18.4 Å². The number of nitrogens with one attached hydrogen (secondary N) is 1. The predicted molar refractivity (Wildman–Crippen MR) is 81.0 cm³/mol. The number of hydrogen-bond acceptors (Lipinski definition) is 3. The van der Waals surface area contributed by atoms with E-state index in [1.807, 2.05) is 0 Å². The number of methoxy groups -OCH3 is 1. The maximum atomic E-state index is 13.7. The Morgan fingerprint density at radius 2 is 1.71 bits per heavy atom. The Morgan fingerprint density at radius 1 is 1.04 bits per heavy atom. The van der Waals surface area contributed by atoms with E-state index >= 15 is 0 Å². The maximum Gasteiger partial charge on any atom is 0.340 e. The van der Waals surface area contributed by atoms with E-state index in [-0.39, 0.29) is 17.9 Å². The molecule has 0 aliphatic rings. The van der Waals surface area contributed by atoms with Crippen molar-refractivity contribution in [2.75, 3.05) is 12.4 Å². The van der Waals surface area contributed by atoms with E-state index in [2.05, 4.69) is 10.1 Å². The molecule has 1 N–H and O–H groups in total. The molecule has 0 fully saturated rings. The number of aryl methyl sites for hydroxylation is 1. The third-order valence-electron chi connectivity index (χ3n) is 3.29. The van der Waals surface area contributed by atoms with Crippen molar-refractivity contribution in [3.8, 4) is 0 Å². The smallest absolute Gasteiger partial charge is 0.340 e. The molecular weight excluding hydrogens is 323 g/mol. The van der Waals surface area contributed by atoms with Crippen LogP contribution in [-0.4, -0.2) is 19.0 Å². The molecule has 0 aliphatic heterocycles. The zero-order chi connectivity index (χ0) is 17.7. The SMILES string of the molecule is COC(=O)c1cc(NC(=O)CCc2ccc(F)cc2)c(F)cc1F. The molecule has 0 radical (unpaired) electrons. The lowest BCUT2D eigenvalue weighted by molar-refractivity contribution is -0.116. The molecule has 0 saturated carbocycles. The van der Waals surface area contributed by atoms with Crippen molar-refractivity contribution in [1.29, 1.82) is 0 Å². The highest BCUT2D eigenvalue weighted by molar-refractivity contribution is 5.94. The summed E-state index contributed by atoms with van der Waals surface area (Å²) in [7, 11) is 1.06. The molecule has 1 amide bonds. The van der Waals surface area contributed by atoms with Crippen molar-refractivity contribution in [3.05, 3.63) is 65.0 Å². The number of esters is 1. The lowest BCUT2D eigenvalue weighted by atomic mass is 10.1. The zero-order valence-electron chi connectivity index (χ0n) is 12.7. The van der Waals surface area contributed by atoms with Crippen LogP contribution in [0, 0.1) is 17.5 Å². The summed E-state index contributed by atoms with van der Waals surface area (Å²) >= 11 is 0. The van der Waals surface area contributed by atoms with Gasteiger partial charge in [-0.05, 0) is 30.2 Å². The number of carbonyl (C=O) groups is 2. The molecule has 4 nitrogen and oxygen atoms in total. The predicted octanol–water partition coefficient (Wildman–Crippen LogP) is 3.46. The normalized spacial score (nSPS) is 10.3. The molecule has 0 aromatic heterocycles. The molecule has 0 saturated heterocycles. The van der Waals surface area contributed by atoms with Crippen LogP contribution in [0.3, 0.4) is 0 Å². The second-order valence-electron chi connectivity index (χ2n) is 4.98. The average Bonchev–Trinajstić information content (AvgIpc) is 2.56. The van der Waals surface area contributed by atoms with Crippen LogP contribution in [-0.2, 0) is 16.0 Å². The van der Waals surface area contributed by atoms with Crippen molar-refractivity contribution in [1.82, 2.24) is 0 Å². The second-order valence-corrected chi connectivity index (χ2v) is 4.98. The summed E-state index contributed by atoms with van der Waals surface area (Å²) in [4.78, 5) is 23.3. The summed E-state index contributed by atoms with van der Waals surface area (Å²) in [5, 5.41) is 2.28. The highest BCUT2D eigenvalue weighted by atomic mass is 19.1. The first-order valence-corrected chi connectivity index (χ1v) is 7.02. The minimum atomic E-state index is -1.08. The fraction of sp³-hybridized carbons (Fsp3) is 0.176. The van der Waals surface area contributed by atoms with Crippen LogP contribution in [0.5, 0.6) is 0 Å². The first-order valence-electron chi connectivity index (χ1n) is 7.02. The minimum Gasteiger partial charge on any atom is -0.465 e. The molecule has 0 heterocycles. The topological polar surface area (TPSA) is 55.4 Å². The Bertz CT molecular complexity index is 760. The lowest BCUT2D eigenvalue weighted by Crippen LogP contribution is -2.15. The first kappa shape index (κ1) is 17.5. The summed E-state index contributed by atoms with van der Waals surface area (Å²) in [6, 6.07) is 7.01. The van der Waals surface area contributed by atoms with Gasteiger partial charge in [-0.1, -0.05) is 12.1 Å². The largest absolute Gasteiger partial charge is 0.465 e. The summed E-state index contributed by atoms with van der Waals surface area (Å²) in [6.45, 7) is 0. The van der Waals surface area contributed by atoms with E-state index in [4.69, 9.17) is 0 Å². The summed E-state index contributed by atoms with van der Waals surface area (Å²) < 4.78 is 44.4. The number of hydrogen-bond donors (Lipinski definition) is 1. The van der Waals surface area contributed by atoms with Crippen LogP contribution < -0.4 is 5.32 Å². The number of anilines is 1. The van der Waals surface area contributed by atoms with Gasteiger partial charge in [0.2, 0.25) is 5.91 Å². The standard InChI is InChI=1S/C17H14F3NO3/c1-24-17(23)12-8-15(14(20)9-13(12)19)21-16(22)7-4-10-2-5-11(18)6-3-10/h2-3,5-6,8-9H,4,7H2,1H3,(H,21,22). The summed E-state index contributed by atoms with van der Waals surface area (Å²) in [5.41, 5.74) is -0.0602. The van der Waals surface area contributed by atoms with Gasteiger partial charge in [0.25, 0.3) is 0 Å². The van der Waals surface area contributed by atoms with Crippen molar-refractivity contribution in [2.45, 2.75) is 12.8 Å². The van der Waals surface area contributed by atoms with Crippen LogP contribution in [0.2, 0.25) is 0 Å². The van der Waals surface area contributed by atoms with E-state index in [1.54, 1.807) is 0 Å². The number of ether oxygens (including phenoxy) is 1. The molecule has 0 atom stereocenters. The molecular formula is C17H14F3NO3. The molecule has 2 aromatic rings. The van der Waals surface area contributed by atoms with Crippen LogP contribution >= 0.6 is 0 Å². The van der Waals surface area contributed by atoms with Crippen LogP contribution in [0.1, 0.15) is 22.3 Å². The quantitative estimate of drug-likeness (QED) is 0.850. The number of rotatable bonds is 5. The molecule has 0 aliphatic carbocycles. The third-order valence-corrected chi connectivity index (χ3v) is 3.29. The molecule has 2 aromatic carbocycles. The van der Waals surface area contributed by atoms with Gasteiger partial charge >= 0.3 is 5.97 Å². The van der Waals surface area contributed by atoms with E-state index in [0.29, 0.717) is 12.5 Å². The summed E-state index contributed by atoms with van der Waals surface area (Å²) in [5.74, 6) is -3.97. The van der Waals surface area contributed by atoms with Gasteiger partial charge in [-0.2, -0.15) is 0 Å². The molecule has 7 heteroatoms. The Hall–Kier alpha value is -2.83. The molecule has 2 rings (SSSR count). The van der Waals surface area contributed by atoms with Crippen LogP contribution in [0.4, 0.5) is 18.9 Å². The molecule has 0 spiro atoms. The number of benzene rings is 2. The minimum absolute atomic E-state index is 0.00993. The maximum absolute atomic E-state index is 13.7. The van der Waals surface area contributed by atoms with E-state index in [9.17, 15) is 22.8 Å². The second kappa shape index (κ2) is 7.63. The first-order chi connectivity index (χ1) is 11.4. The van der Waals surface area contributed by atoms with Gasteiger partial charge in [-0.25, -0.2) is 18.0 Å². The van der Waals surface area contributed by atoms with Gasteiger partial charge in [0, 0.05) is 12.5 Å². The fourth-order valence-corrected chi connectivity index (χ4v) is 2.03. The van der Waals surface area contributed by atoms with E-state index < -0.39 is 29.1 Å². The van der Waals surface area contributed by atoms with E-state index in [1.165, 1.54) is 24.3 Å². The zero-order valence-corrected chi connectivity index (χ0v) is 12.7. The molecule has 24 heavy (non-hydrogen) atoms. The van der Waals surface area contributed by atoms with Crippen molar-refractivity contribution >= 4 is 17.6 Å². The Balaban J connectivity index is 2.05. The monoisotopic (exact) mass is 337 g/mol. The highest BCUT2D eigenvalue weighted by Gasteiger charge is 2.17. The molecule has 0 unspecified atom stereocenters. The van der Waals surface area contributed by atoms with Gasteiger partial charge in [-0.15, -0.1) is 0 Å². The Kier molecular flexibility index (Phi) is 5.57. The molecule has 126 valence electrons. The third kappa shape index (κ3) is 4.34. The van der Waals surface area contributed by atoms with Crippen LogP contribution in [0.15, 0.2) is 36.4 Å².